The number of thiophene rings is 1. The molecule has 0 amide bonds. The van der Waals surface area contributed by atoms with Crippen LogP contribution >= 0.6 is 11.3 Å². The number of ether oxygens (including phenoxy) is 1. The van der Waals surface area contributed by atoms with Gasteiger partial charge >= 0.3 is 5.97 Å². The lowest BCUT2D eigenvalue weighted by Crippen LogP contribution is -2.11. The lowest BCUT2D eigenvalue weighted by molar-refractivity contribution is 0.0601. The first-order valence-electron chi connectivity index (χ1n) is 6.52. The van der Waals surface area contributed by atoms with E-state index in [1.54, 1.807) is 11.3 Å². The van der Waals surface area contributed by atoms with Crippen LogP contribution in [0.1, 0.15) is 39.3 Å². The van der Waals surface area contributed by atoms with Crippen molar-refractivity contribution in [3.8, 4) is 0 Å². The minimum atomic E-state index is -0.314. The molecular formula is C16H19NO2S. The Balaban J connectivity index is 2.29. The van der Waals surface area contributed by atoms with E-state index in [2.05, 4.69) is 30.6 Å². The number of carbonyl (C=O) groups is 1. The van der Waals surface area contributed by atoms with E-state index in [9.17, 15) is 4.79 Å². The highest BCUT2D eigenvalue weighted by molar-refractivity contribution is 7.10. The fourth-order valence-corrected chi connectivity index (χ4v) is 3.13. The van der Waals surface area contributed by atoms with Gasteiger partial charge in [-0.25, -0.2) is 4.79 Å². The molecule has 0 spiro atoms. The Labute approximate surface area is 123 Å². The molecule has 0 saturated carbocycles. The lowest BCUT2D eigenvalue weighted by atomic mass is 10.1. The molecule has 2 aromatic rings. The molecule has 0 radical (unpaired) electrons. The Bertz CT molecular complexity index is 619. The van der Waals surface area contributed by atoms with E-state index < -0.39 is 0 Å². The van der Waals surface area contributed by atoms with E-state index in [-0.39, 0.29) is 12.0 Å². The molecule has 0 aliphatic carbocycles. The van der Waals surface area contributed by atoms with Gasteiger partial charge in [-0.3, -0.25) is 0 Å². The van der Waals surface area contributed by atoms with Gasteiger partial charge in [-0.1, -0.05) is 11.6 Å². The maximum Gasteiger partial charge on any atom is 0.339 e. The number of carbonyl (C=O) groups excluding carboxylic acids is 1. The van der Waals surface area contributed by atoms with Crippen molar-refractivity contribution in [2.45, 2.75) is 26.8 Å². The molecule has 1 unspecified atom stereocenters. The fourth-order valence-electron chi connectivity index (χ4n) is 2.19. The summed E-state index contributed by atoms with van der Waals surface area (Å²) in [6.07, 6.45) is 0. The standard InChI is InChI=1S/C16H19NO2S/c1-10-5-6-14(13(9-10)16(18)19-4)17-12(3)15-11(2)7-8-20-15/h5-9,12,17H,1-4H3. The van der Waals surface area contributed by atoms with Crippen LogP contribution in [0.4, 0.5) is 5.69 Å². The smallest absolute Gasteiger partial charge is 0.339 e. The minimum absolute atomic E-state index is 0.154. The van der Waals surface area contributed by atoms with Gasteiger partial charge in [0.25, 0.3) is 0 Å². The van der Waals surface area contributed by atoms with Crippen LogP contribution in [0.5, 0.6) is 0 Å². The average Bonchev–Trinajstić information content (AvgIpc) is 2.86. The first kappa shape index (κ1) is 14.6. The lowest BCUT2D eigenvalue weighted by Gasteiger charge is -2.17. The second-order valence-corrected chi connectivity index (χ2v) is 5.82. The number of esters is 1. The third-order valence-electron chi connectivity index (χ3n) is 3.25. The number of benzene rings is 1. The fraction of sp³-hybridized carbons (Fsp3) is 0.312. The van der Waals surface area contributed by atoms with Gasteiger partial charge in [0.1, 0.15) is 0 Å². The molecule has 0 aliphatic heterocycles. The zero-order valence-electron chi connectivity index (χ0n) is 12.2. The van der Waals surface area contributed by atoms with Gasteiger partial charge in [0, 0.05) is 10.6 Å². The quantitative estimate of drug-likeness (QED) is 0.852. The summed E-state index contributed by atoms with van der Waals surface area (Å²) in [5.41, 5.74) is 3.69. The van der Waals surface area contributed by atoms with Gasteiger partial charge < -0.3 is 10.1 Å². The molecule has 20 heavy (non-hydrogen) atoms. The molecule has 1 aromatic heterocycles. The van der Waals surface area contributed by atoms with E-state index in [4.69, 9.17) is 4.74 Å². The van der Waals surface area contributed by atoms with Crippen molar-refractivity contribution in [3.63, 3.8) is 0 Å². The Morgan fingerprint density at radius 1 is 1.30 bits per heavy atom. The molecule has 4 heteroatoms. The highest BCUT2D eigenvalue weighted by atomic mass is 32.1. The largest absolute Gasteiger partial charge is 0.465 e. The van der Waals surface area contributed by atoms with Crippen molar-refractivity contribution < 1.29 is 9.53 Å². The summed E-state index contributed by atoms with van der Waals surface area (Å²) in [5, 5.41) is 5.49. The normalized spacial score (nSPS) is 12.0. The average molecular weight is 289 g/mol. The number of hydrogen-bond donors (Lipinski definition) is 1. The van der Waals surface area contributed by atoms with Crippen LogP contribution < -0.4 is 5.32 Å². The number of hydrogen-bond acceptors (Lipinski definition) is 4. The molecular weight excluding hydrogens is 270 g/mol. The second kappa shape index (κ2) is 6.09. The highest BCUT2D eigenvalue weighted by Crippen LogP contribution is 2.28. The van der Waals surface area contributed by atoms with Crippen LogP contribution in [-0.4, -0.2) is 13.1 Å². The summed E-state index contributed by atoms with van der Waals surface area (Å²) in [7, 11) is 1.40. The number of methoxy groups -OCH3 is 1. The molecule has 0 bridgehead atoms. The van der Waals surface area contributed by atoms with Crippen LogP contribution in [0.25, 0.3) is 0 Å². The molecule has 106 valence electrons. The van der Waals surface area contributed by atoms with Gasteiger partial charge in [0.05, 0.1) is 18.7 Å². The highest BCUT2D eigenvalue weighted by Gasteiger charge is 2.16. The van der Waals surface area contributed by atoms with Crippen LogP contribution in [0.3, 0.4) is 0 Å². The van der Waals surface area contributed by atoms with E-state index in [1.807, 2.05) is 25.1 Å². The summed E-state index contributed by atoms with van der Waals surface area (Å²) in [6, 6.07) is 8.03. The SMILES string of the molecule is COC(=O)c1cc(C)ccc1NC(C)c1sccc1C. The van der Waals surface area contributed by atoms with Gasteiger partial charge in [-0.15, -0.1) is 11.3 Å². The Kier molecular flexibility index (Phi) is 4.45. The second-order valence-electron chi connectivity index (χ2n) is 4.87. The summed E-state index contributed by atoms with van der Waals surface area (Å²) in [6.45, 7) is 6.16. The minimum Gasteiger partial charge on any atom is -0.465 e. The van der Waals surface area contributed by atoms with Crippen molar-refractivity contribution in [1.29, 1.82) is 0 Å². The van der Waals surface area contributed by atoms with Crippen molar-refractivity contribution >= 4 is 23.0 Å². The van der Waals surface area contributed by atoms with Gasteiger partial charge in [-0.2, -0.15) is 0 Å². The van der Waals surface area contributed by atoms with Crippen molar-refractivity contribution in [2.75, 3.05) is 12.4 Å². The zero-order chi connectivity index (χ0) is 14.7. The topological polar surface area (TPSA) is 38.3 Å². The van der Waals surface area contributed by atoms with Gasteiger partial charge in [-0.05, 0) is 49.9 Å². The Morgan fingerprint density at radius 3 is 2.65 bits per heavy atom. The first-order chi connectivity index (χ1) is 9.52. The van der Waals surface area contributed by atoms with E-state index in [0.29, 0.717) is 5.56 Å². The third-order valence-corrected chi connectivity index (χ3v) is 4.45. The molecule has 0 fully saturated rings. The van der Waals surface area contributed by atoms with Crippen LogP contribution in [0.2, 0.25) is 0 Å². The van der Waals surface area contributed by atoms with Crippen LogP contribution in [0, 0.1) is 13.8 Å². The number of aryl methyl sites for hydroxylation is 2. The predicted octanol–water partition coefficient (Wildman–Crippen LogP) is 4.32. The van der Waals surface area contributed by atoms with Gasteiger partial charge in [0.2, 0.25) is 0 Å². The molecule has 1 aromatic carbocycles. The summed E-state index contributed by atoms with van der Waals surface area (Å²) >= 11 is 1.72. The summed E-state index contributed by atoms with van der Waals surface area (Å²) < 4.78 is 4.85. The Hall–Kier alpha value is -1.81. The van der Waals surface area contributed by atoms with Crippen molar-refractivity contribution in [2.24, 2.45) is 0 Å². The van der Waals surface area contributed by atoms with Crippen LogP contribution in [0.15, 0.2) is 29.6 Å². The van der Waals surface area contributed by atoms with E-state index in [0.717, 1.165) is 11.3 Å². The predicted molar refractivity (Wildman–Crippen MR) is 83.6 cm³/mol. The molecule has 0 aliphatic rings. The molecule has 1 N–H and O–H groups in total. The van der Waals surface area contributed by atoms with Crippen LogP contribution in [-0.2, 0) is 4.74 Å². The molecule has 1 heterocycles. The van der Waals surface area contributed by atoms with Crippen molar-refractivity contribution in [3.05, 3.63) is 51.2 Å². The number of rotatable bonds is 4. The Morgan fingerprint density at radius 2 is 2.05 bits per heavy atom. The van der Waals surface area contributed by atoms with E-state index >= 15 is 0 Å². The molecule has 1 atom stereocenters. The maximum absolute atomic E-state index is 11.9. The van der Waals surface area contributed by atoms with Gasteiger partial charge in [0.15, 0.2) is 0 Å². The van der Waals surface area contributed by atoms with E-state index in [1.165, 1.54) is 17.6 Å². The molecule has 2 rings (SSSR count). The summed E-state index contributed by atoms with van der Waals surface area (Å²) in [5.74, 6) is -0.314. The summed E-state index contributed by atoms with van der Waals surface area (Å²) in [4.78, 5) is 13.1. The first-order valence-corrected chi connectivity index (χ1v) is 7.40. The molecule has 3 nitrogen and oxygen atoms in total. The molecule has 0 saturated heterocycles. The maximum atomic E-state index is 11.9. The number of nitrogens with one attached hydrogen (secondary N) is 1. The monoisotopic (exact) mass is 289 g/mol. The van der Waals surface area contributed by atoms with Crippen molar-refractivity contribution in [1.82, 2.24) is 0 Å². The third kappa shape index (κ3) is 3.02. The number of anilines is 1. The zero-order valence-corrected chi connectivity index (χ0v) is 13.0.